The Balaban J connectivity index is 1.69. The van der Waals surface area contributed by atoms with Crippen LogP contribution in [0, 0.1) is 0 Å². The van der Waals surface area contributed by atoms with Crippen molar-refractivity contribution in [1.82, 2.24) is 5.32 Å². The fraction of sp³-hybridized carbons (Fsp3) is 0.385. The molecule has 2 heterocycles. The van der Waals surface area contributed by atoms with Crippen LogP contribution in [0.3, 0.4) is 0 Å². The minimum atomic E-state index is 0.276. The van der Waals surface area contributed by atoms with Gasteiger partial charge in [0.05, 0.1) is 5.02 Å². The van der Waals surface area contributed by atoms with E-state index in [0.29, 0.717) is 17.1 Å². The Kier molecular flexibility index (Phi) is 3.16. The summed E-state index contributed by atoms with van der Waals surface area (Å²) in [5, 5.41) is 4.19. The molecule has 2 aliphatic rings. The maximum absolute atomic E-state index is 6.05. The van der Waals surface area contributed by atoms with E-state index in [9.17, 15) is 0 Å². The first kappa shape index (κ1) is 11.6. The van der Waals surface area contributed by atoms with E-state index in [4.69, 9.17) is 16.3 Å². The van der Waals surface area contributed by atoms with Gasteiger partial charge in [0.2, 0.25) is 0 Å². The van der Waals surface area contributed by atoms with E-state index in [1.807, 2.05) is 18.2 Å². The monoisotopic (exact) mass is 313 g/mol. The molecule has 0 saturated carbocycles. The zero-order valence-electron chi connectivity index (χ0n) is 9.20. The molecule has 1 fully saturated rings. The van der Waals surface area contributed by atoms with Crippen molar-refractivity contribution in [2.24, 2.45) is 0 Å². The fourth-order valence-corrected chi connectivity index (χ4v) is 2.87. The second kappa shape index (κ2) is 4.63. The number of hydrogen-bond donors (Lipinski definition) is 1. The van der Waals surface area contributed by atoms with E-state index < -0.39 is 0 Å². The number of piperidine rings is 1. The second-order valence-corrected chi connectivity index (χ2v) is 5.81. The number of nitrogens with one attached hydrogen (secondary N) is 1. The summed E-state index contributed by atoms with van der Waals surface area (Å²) in [4.78, 5) is 0. The van der Waals surface area contributed by atoms with Crippen molar-refractivity contribution >= 4 is 27.5 Å². The molecule has 2 bridgehead atoms. The summed E-state index contributed by atoms with van der Waals surface area (Å²) in [5.74, 6) is 0.851. The normalized spacial score (nSPS) is 30.6. The third-order valence-corrected chi connectivity index (χ3v) is 4.46. The van der Waals surface area contributed by atoms with Gasteiger partial charge >= 0.3 is 0 Å². The van der Waals surface area contributed by atoms with E-state index in [1.54, 1.807) is 0 Å². The molecule has 3 atom stereocenters. The van der Waals surface area contributed by atoms with E-state index in [1.165, 1.54) is 0 Å². The van der Waals surface area contributed by atoms with Crippen LogP contribution in [0.15, 0.2) is 34.8 Å². The third-order valence-electron chi connectivity index (χ3n) is 3.23. The van der Waals surface area contributed by atoms with Crippen molar-refractivity contribution < 1.29 is 4.74 Å². The van der Waals surface area contributed by atoms with Gasteiger partial charge in [0.25, 0.3) is 0 Å². The first-order valence-corrected chi connectivity index (χ1v) is 6.94. The van der Waals surface area contributed by atoms with Gasteiger partial charge in [0.15, 0.2) is 0 Å². The lowest BCUT2D eigenvalue weighted by Crippen LogP contribution is -2.43. The van der Waals surface area contributed by atoms with Gasteiger partial charge < -0.3 is 10.1 Å². The highest BCUT2D eigenvalue weighted by Gasteiger charge is 2.30. The van der Waals surface area contributed by atoms with Crippen LogP contribution in [0.25, 0.3) is 0 Å². The molecule has 90 valence electrons. The number of ether oxygens (including phenoxy) is 1. The van der Waals surface area contributed by atoms with Crippen LogP contribution in [-0.2, 0) is 0 Å². The molecule has 2 aliphatic heterocycles. The first-order valence-electron chi connectivity index (χ1n) is 5.77. The van der Waals surface area contributed by atoms with Crippen LogP contribution < -0.4 is 10.1 Å². The van der Waals surface area contributed by atoms with Gasteiger partial charge in [-0.25, -0.2) is 0 Å². The molecule has 1 aromatic rings. The number of benzene rings is 1. The average Bonchev–Trinajstić information content (AvgIpc) is 2.64. The van der Waals surface area contributed by atoms with Crippen LogP contribution in [0.2, 0.25) is 5.02 Å². The Morgan fingerprint density at radius 3 is 2.59 bits per heavy atom. The number of halogens is 2. The summed E-state index contributed by atoms with van der Waals surface area (Å²) in [6, 6.07) is 6.69. The minimum absolute atomic E-state index is 0.276. The smallest absolute Gasteiger partial charge is 0.121 e. The number of fused-ring (bicyclic) bond motifs is 2. The third kappa shape index (κ3) is 2.51. The lowest BCUT2D eigenvalue weighted by Gasteiger charge is -2.29. The van der Waals surface area contributed by atoms with Crippen molar-refractivity contribution in [1.29, 1.82) is 0 Å². The van der Waals surface area contributed by atoms with Crippen molar-refractivity contribution in [2.45, 2.75) is 31.0 Å². The van der Waals surface area contributed by atoms with Gasteiger partial charge in [-0.2, -0.15) is 0 Å². The molecule has 0 radical (unpaired) electrons. The zero-order chi connectivity index (χ0) is 11.8. The maximum atomic E-state index is 6.05. The van der Waals surface area contributed by atoms with Crippen molar-refractivity contribution in [3.63, 3.8) is 0 Å². The highest BCUT2D eigenvalue weighted by molar-refractivity contribution is 9.10. The van der Waals surface area contributed by atoms with Gasteiger partial charge in [-0.05, 0) is 34.1 Å². The summed E-state index contributed by atoms with van der Waals surface area (Å²) in [6.07, 6.45) is 6.81. The molecule has 17 heavy (non-hydrogen) atoms. The van der Waals surface area contributed by atoms with Gasteiger partial charge in [-0.1, -0.05) is 23.8 Å². The largest absolute Gasteiger partial charge is 0.490 e. The molecule has 1 saturated heterocycles. The summed E-state index contributed by atoms with van der Waals surface area (Å²) in [5.41, 5.74) is 0. The predicted octanol–water partition coefficient (Wildman–Crippen LogP) is 3.54. The Bertz CT molecular complexity index is 449. The highest BCUT2D eigenvalue weighted by Crippen LogP contribution is 2.30. The maximum Gasteiger partial charge on any atom is 0.121 e. The van der Waals surface area contributed by atoms with Crippen molar-refractivity contribution in [3.8, 4) is 5.75 Å². The van der Waals surface area contributed by atoms with Gasteiger partial charge in [-0.15, -0.1) is 0 Å². The second-order valence-electron chi connectivity index (χ2n) is 4.55. The summed E-state index contributed by atoms with van der Waals surface area (Å²) < 4.78 is 6.89. The first-order chi connectivity index (χ1) is 8.20. The van der Waals surface area contributed by atoms with Gasteiger partial charge in [0.1, 0.15) is 11.9 Å². The van der Waals surface area contributed by atoms with Crippen LogP contribution in [0.4, 0.5) is 0 Å². The summed E-state index contributed by atoms with van der Waals surface area (Å²) in [6.45, 7) is 0. The van der Waals surface area contributed by atoms with Crippen molar-refractivity contribution in [2.75, 3.05) is 0 Å². The Morgan fingerprint density at radius 1 is 1.24 bits per heavy atom. The Hall–Kier alpha value is -0.510. The molecule has 0 aliphatic carbocycles. The molecule has 1 N–H and O–H groups in total. The minimum Gasteiger partial charge on any atom is -0.490 e. The van der Waals surface area contributed by atoms with Gasteiger partial charge in [0, 0.05) is 29.4 Å². The van der Waals surface area contributed by atoms with Crippen molar-refractivity contribution in [3.05, 3.63) is 39.8 Å². The predicted molar refractivity (Wildman–Crippen MR) is 72.7 cm³/mol. The lowest BCUT2D eigenvalue weighted by atomic mass is 10.0. The topological polar surface area (TPSA) is 21.3 Å². The molecule has 4 heteroatoms. The summed E-state index contributed by atoms with van der Waals surface area (Å²) >= 11 is 9.43. The molecule has 3 rings (SSSR count). The van der Waals surface area contributed by atoms with Crippen LogP contribution >= 0.6 is 27.5 Å². The number of rotatable bonds is 2. The van der Waals surface area contributed by atoms with E-state index in [-0.39, 0.29) is 6.10 Å². The average molecular weight is 315 g/mol. The molecule has 1 aromatic carbocycles. The molecule has 2 nitrogen and oxygen atoms in total. The fourth-order valence-electron chi connectivity index (χ4n) is 2.45. The molecular formula is C13H13BrClNO. The quantitative estimate of drug-likeness (QED) is 0.843. The van der Waals surface area contributed by atoms with E-state index >= 15 is 0 Å². The molecule has 1 unspecified atom stereocenters. The molecule has 0 aromatic heterocycles. The number of hydrogen-bond acceptors (Lipinski definition) is 2. The Morgan fingerprint density at radius 2 is 1.94 bits per heavy atom. The zero-order valence-corrected chi connectivity index (χ0v) is 11.5. The molecule has 0 spiro atoms. The SMILES string of the molecule is Clc1cc(OC2C[C@H]3C=C[C@@H](C2)N3)ccc1Br. The Labute approximate surface area is 114 Å². The molecule has 0 amide bonds. The highest BCUT2D eigenvalue weighted by atomic mass is 79.9. The van der Waals surface area contributed by atoms with E-state index in [2.05, 4.69) is 33.4 Å². The lowest BCUT2D eigenvalue weighted by molar-refractivity contribution is 0.142. The van der Waals surface area contributed by atoms with Crippen LogP contribution in [-0.4, -0.2) is 18.2 Å². The van der Waals surface area contributed by atoms with E-state index in [0.717, 1.165) is 23.1 Å². The summed E-state index contributed by atoms with van der Waals surface area (Å²) in [7, 11) is 0. The molecular weight excluding hydrogens is 302 g/mol. The standard InChI is InChI=1S/C13H13BrClNO/c14-12-4-3-10(7-13(12)15)17-11-5-8-1-2-9(6-11)16-8/h1-4,7-9,11,16H,5-6H2/t8-,9+,11?. The van der Waals surface area contributed by atoms with Gasteiger partial charge in [-0.3, -0.25) is 0 Å². The van der Waals surface area contributed by atoms with Crippen LogP contribution in [0.1, 0.15) is 12.8 Å². The van der Waals surface area contributed by atoms with Crippen LogP contribution in [0.5, 0.6) is 5.75 Å².